The van der Waals surface area contributed by atoms with Gasteiger partial charge in [-0.1, -0.05) is 20.8 Å². The molecule has 0 aromatic carbocycles. The maximum absolute atomic E-state index is 9.14. The highest BCUT2D eigenvalue weighted by Gasteiger charge is 2.13. The molecule has 0 saturated heterocycles. The van der Waals surface area contributed by atoms with Gasteiger partial charge in [0, 0.05) is 31.2 Å². The lowest BCUT2D eigenvalue weighted by molar-refractivity contribution is 0.278. The number of nitrogens with zero attached hydrogens (tertiary/aromatic N) is 2. The molecule has 0 fully saturated rings. The lowest BCUT2D eigenvalue weighted by atomic mass is 10.1. The molecule has 0 aliphatic rings. The SMILES string of the molecule is CCCNc1nc(CCC)nc(NC(CC)CCO)c1C. The number of aryl methyl sites for hydroxylation is 1. The summed E-state index contributed by atoms with van der Waals surface area (Å²) in [5.74, 6) is 2.70. The van der Waals surface area contributed by atoms with Crippen molar-refractivity contribution >= 4 is 11.6 Å². The Balaban J connectivity index is 3.00. The fourth-order valence-electron chi connectivity index (χ4n) is 2.18. The van der Waals surface area contributed by atoms with Gasteiger partial charge in [0.15, 0.2) is 0 Å². The van der Waals surface area contributed by atoms with E-state index in [9.17, 15) is 0 Å². The van der Waals surface area contributed by atoms with Crippen LogP contribution in [0.4, 0.5) is 11.6 Å². The zero-order valence-electron chi connectivity index (χ0n) is 13.9. The molecule has 0 radical (unpaired) electrons. The van der Waals surface area contributed by atoms with Gasteiger partial charge in [-0.3, -0.25) is 0 Å². The maximum Gasteiger partial charge on any atom is 0.134 e. The Kier molecular flexibility index (Phi) is 8.05. The van der Waals surface area contributed by atoms with Crippen LogP contribution in [0.1, 0.15) is 57.8 Å². The van der Waals surface area contributed by atoms with Crippen molar-refractivity contribution in [3.05, 3.63) is 11.4 Å². The molecule has 0 bridgehead atoms. The second kappa shape index (κ2) is 9.55. The van der Waals surface area contributed by atoms with Gasteiger partial charge in [0.05, 0.1) is 0 Å². The quantitative estimate of drug-likeness (QED) is 0.618. The van der Waals surface area contributed by atoms with Gasteiger partial charge in [0.1, 0.15) is 17.5 Å². The molecule has 1 unspecified atom stereocenters. The zero-order chi connectivity index (χ0) is 15.7. The van der Waals surface area contributed by atoms with E-state index in [-0.39, 0.29) is 12.6 Å². The standard InChI is InChI=1S/C16H30N4O/c1-5-8-14-19-15(17-10-6-2)12(4)16(20-14)18-13(7-3)9-11-21/h13,21H,5-11H2,1-4H3,(H2,17,18,19,20). The Morgan fingerprint density at radius 2 is 1.81 bits per heavy atom. The number of anilines is 2. The molecule has 1 atom stereocenters. The van der Waals surface area contributed by atoms with Gasteiger partial charge < -0.3 is 15.7 Å². The first-order chi connectivity index (χ1) is 10.2. The van der Waals surface area contributed by atoms with E-state index in [1.54, 1.807) is 0 Å². The molecule has 0 aliphatic heterocycles. The van der Waals surface area contributed by atoms with Crippen LogP contribution in [0.2, 0.25) is 0 Å². The molecule has 1 aromatic rings. The van der Waals surface area contributed by atoms with Gasteiger partial charge in [-0.2, -0.15) is 0 Å². The van der Waals surface area contributed by atoms with E-state index in [2.05, 4.69) is 41.4 Å². The smallest absolute Gasteiger partial charge is 0.134 e. The lowest BCUT2D eigenvalue weighted by Gasteiger charge is -2.20. The van der Waals surface area contributed by atoms with Gasteiger partial charge in [-0.05, 0) is 32.6 Å². The van der Waals surface area contributed by atoms with Gasteiger partial charge in [0.2, 0.25) is 0 Å². The van der Waals surface area contributed by atoms with Crippen LogP contribution in [0.5, 0.6) is 0 Å². The predicted molar refractivity (Wildman–Crippen MR) is 88.9 cm³/mol. The first kappa shape index (κ1) is 17.7. The maximum atomic E-state index is 9.14. The Morgan fingerprint density at radius 3 is 2.38 bits per heavy atom. The van der Waals surface area contributed by atoms with Crippen molar-refractivity contribution in [2.75, 3.05) is 23.8 Å². The van der Waals surface area contributed by atoms with Crippen molar-refractivity contribution in [2.24, 2.45) is 0 Å². The summed E-state index contributed by atoms with van der Waals surface area (Å²) in [7, 11) is 0. The summed E-state index contributed by atoms with van der Waals surface area (Å²) >= 11 is 0. The highest BCUT2D eigenvalue weighted by molar-refractivity contribution is 5.57. The summed E-state index contributed by atoms with van der Waals surface area (Å²) < 4.78 is 0. The average molecular weight is 294 g/mol. The molecule has 1 heterocycles. The number of hydrogen-bond donors (Lipinski definition) is 3. The van der Waals surface area contributed by atoms with Crippen molar-refractivity contribution in [2.45, 2.75) is 65.8 Å². The first-order valence-electron chi connectivity index (χ1n) is 8.14. The van der Waals surface area contributed by atoms with E-state index in [4.69, 9.17) is 5.11 Å². The number of aliphatic hydroxyl groups excluding tert-OH is 1. The third-order valence-corrected chi connectivity index (χ3v) is 3.52. The topological polar surface area (TPSA) is 70.1 Å². The van der Waals surface area contributed by atoms with Crippen LogP contribution in [0.25, 0.3) is 0 Å². The normalized spacial score (nSPS) is 12.2. The Morgan fingerprint density at radius 1 is 1.10 bits per heavy atom. The van der Waals surface area contributed by atoms with E-state index in [0.717, 1.165) is 61.7 Å². The van der Waals surface area contributed by atoms with Crippen LogP contribution in [0.3, 0.4) is 0 Å². The van der Waals surface area contributed by atoms with Gasteiger partial charge in [-0.15, -0.1) is 0 Å². The molecule has 0 amide bonds. The van der Waals surface area contributed by atoms with Crippen molar-refractivity contribution in [1.82, 2.24) is 9.97 Å². The molecule has 120 valence electrons. The molecule has 0 saturated carbocycles. The molecule has 1 rings (SSSR count). The molecule has 5 nitrogen and oxygen atoms in total. The largest absolute Gasteiger partial charge is 0.396 e. The fourth-order valence-corrected chi connectivity index (χ4v) is 2.18. The minimum absolute atomic E-state index is 0.193. The van der Waals surface area contributed by atoms with Crippen LogP contribution in [-0.2, 0) is 6.42 Å². The number of aliphatic hydroxyl groups is 1. The van der Waals surface area contributed by atoms with Crippen LogP contribution < -0.4 is 10.6 Å². The number of hydrogen-bond acceptors (Lipinski definition) is 5. The van der Waals surface area contributed by atoms with Crippen molar-refractivity contribution in [1.29, 1.82) is 0 Å². The lowest BCUT2D eigenvalue weighted by Crippen LogP contribution is -2.22. The van der Waals surface area contributed by atoms with Gasteiger partial charge in [-0.25, -0.2) is 9.97 Å². The van der Waals surface area contributed by atoms with Gasteiger partial charge >= 0.3 is 0 Å². The van der Waals surface area contributed by atoms with E-state index >= 15 is 0 Å². The van der Waals surface area contributed by atoms with E-state index in [1.165, 1.54) is 0 Å². The van der Waals surface area contributed by atoms with Crippen LogP contribution in [-0.4, -0.2) is 34.3 Å². The number of nitrogens with one attached hydrogen (secondary N) is 2. The number of aromatic nitrogens is 2. The van der Waals surface area contributed by atoms with E-state index in [1.807, 2.05) is 6.92 Å². The fraction of sp³-hybridized carbons (Fsp3) is 0.750. The molecule has 21 heavy (non-hydrogen) atoms. The summed E-state index contributed by atoms with van der Waals surface area (Å²) in [6, 6.07) is 0.247. The zero-order valence-corrected chi connectivity index (χ0v) is 13.9. The molecular weight excluding hydrogens is 264 g/mol. The summed E-state index contributed by atoms with van der Waals surface area (Å²) in [6.45, 7) is 9.55. The van der Waals surface area contributed by atoms with Crippen LogP contribution in [0, 0.1) is 6.92 Å². The third-order valence-electron chi connectivity index (χ3n) is 3.52. The van der Waals surface area contributed by atoms with Crippen LogP contribution in [0.15, 0.2) is 0 Å². The van der Waals surface area contributed by atoms with Crippen LogP contribution >= 0.6 is 0 Å². The van der Waals surface area contributed by atoms with Crippen molar-refractivity contribution < 1.29 is 5.11 Å². The van der Waals surface area contributed by atoms with E-state index in [0.29, 0.717) is 0 Å². The Bertz CT molecular complexity index is 423. The molecule has 0 spiro atoms. The highest BCUT2D eigenvalue weighted by Crippen LogP contribution is 2.22. The summed E-state index contributed by atoms with van der Waals surface area (Å²) in [5.41, 5.74) is 1.06. The molecule has 1 aromatic heterocycles. The molecule has 0 aliphatic carbocycles. The van der Waals surface area contributed by atoms with Crippen molar-refractivity contribution in [3.63, 3.8) is 0 Å². The third kappa shape index (κ3) is 5.50. The molecule has 3 N–H and O–H groups in total. The second-order valence-electron chi connectivity index (χ2n) is 5.40. The second-order valence-corrected chi connectivity index (χ2v) is 5.40. The molecular formula is C16H30N4O. The van der Waals surface area contributed by atoms with Gasteiger partial charge in [0.25, 0.3) is 0 Å². The molecule has 5 heteroatoms. The Labute approximate surface area is 128 Å². The minimum atomic E-state index is 0.193. The summed E-state index contributed by atoms with van der Waals surface area (Å²) in [4.78, 5) is 9.28. The Hall–Kier alpha value is -1.36. The summed E-state index contributed by atoms with van der Waals surface area (Å²) in [5, 5.41) is 16.0. The van der Waals surface area contributed by atoms with Crippen molar-refractivity contribution in [3.8, 4) is 0 Å². The highest BCUT2D eigenvalue weighted by atomic mass is 16.3. The first-order valence-corrected chi connectivity index (χ1v) is 8.14. The van der Waals surface area contributed by atoms with E-state index < -0.39 is 0 Å². The number of rotatable bonds is 10. The minimum Gasteiger partial charge on any atom is -0.396 e. The monoisotopic (exact) mass is 294 g/mol. The average Bonchev–Trinajstić information content (AvgIpc) is 2.48. The predicted octanol–water partition coefficient (Wildman–Crippen LogP) is 3.13. The summed E-state index contributed by atoms with van der Waals surface area (Å²) in [6.07, 6.45) is 4.68.